The van der Waals surface area contributed by atoms with E-state index in [1.165, 1.54) is 19.2 Å². The van der Waals surface area contributed by atoms with Crippen molar-refractivity contribution in [2.45, 2.75) is 25.8 Å². The van der Waals surface area contributed by atoms with E-state index in [0.717, 1.165) is 12.8 Å². The molecule has 0 bridgehead atoms. The smallest absolute Gasteiger partial charge is 0.315 e. The number of nitro benzene ring substituents is 1. The molecule has 1 aromatic rings. The van der Waals surface area contributed by atoms with Crippen molar-refractivity contribution in [3.05, 3.63) is 27.8 Å². The monoisotopic (exact) mass is 293 g/mol. The highest BCUT2D eigenvalue weighted by molar-refractivity contribution is 5.58. The van der Waals surface area contributed by atoms with E-state index >= 15 is 0 Å². The van der Waals surface area contributed by atoms with Crippen molar-refractivity contribution in [1.29, 1.82) is 5.26 Å². The number of rotatable bonds is 7. The number of hydrogen-bond donors (Lipinski definition) is 1. The van der Waals surface area contributed by atoms with Crippen molar-refractivity contribution in [3.8, 4) is 17.6 Å². The Morgan fingerprint density at radius 3 is 2.71 bits per heavy atom. The summed E-state index contributed by atoms with van der Waals surface area (Å²) in [6, 6.07) is 4.17. The van der Waals surface area contributed by atoms with E-state index in [-0.39, 0.29) is 5.75 Å². The number of unbranched alkanes of at least 4 members (excludes halogenated alkanes) is 1. The minimum atomic E-state index is -0.693. The van der Waals surface area contributed by atoms with Gasteiger partial charge in [0.25, 0.3) is 0 Å². The highest BCUT2D eigenvalue weighted by Crippen LogP contribution is 2.39. The summed E-state index contributed by atoms with van der Waals surface area (Å²) in [5, 5.41) is 30.1. The highest BCUT2D eigenvalue weighted by Gasteiger charge is 2.25. The summed E-state index contributed by atoms with van der Waals surface area (Å²) in [7, 11) is 3.10. The van der Waals surface area contributed by atoms with Crippen LogP contribution in [0.4, 0.5) is 5.69 Å². The van der Waals surface area contributed by atoms with Crippen LogP contribution in [0.3, 0.4) is 0 Å². The van der Waals surface area contributed by atoms with Crippen LogP contribution in [-0.2, 0) is 0 Å². The van der Waals surface area contributed by atoms with E-state index < -0.39 is 22.4 Å². The lowest BCUT2D eigenvalue weighted by molar-refractivity contribution is -0.386. The van der Waals surface area contributed by atoms with Crippen molar-refractivity contribution in [1.82, 2.24) is 4.90 Å². The van der Waals surface area contributed by atoms with Gasteiger partial charge in [0.15, 0.2) is 5.75 Å². The van der Waals surface area contributed by atoms with Gasteiger partial charge in [-0.15, -0.1) is 0 Å². The summed E-state index contributed by atoms with van der Waals surface area (Å²) >= 11 is 0. The summed E-state index contributed by atoms with van der Waals surface area (Å²) in [6.45, 7) is 2.75. The average molecular weight is 293 g/mol. The summed E-state index contributed by atoms with van der Waals surface area (Å²) in [6.07, 6.45) is 1.91. The Hall–Kier alpha value is -2.33. The first-order chi connectivity index (χ1) is 9.96. The predicted octanol–water partition coefficient (Wildman–Crippen LogP) is 2.61. The van der Waals surface area contributed by atoms with E-state index in [2.05, 4.69) is 6.07 Å². The van der Waals surface area contributed by atoms with Crippen LogP contribution in [0.5, 0.6) is 11.5 Å². The van der Waals surface area contributed by atoms with E-state index in [4.69, 9.17) is 4.74 Å². The van der Waals surface area contributed by atoms with Crippen LogP contribution in [0.2, 0.25) is 0 Å². The van der Waals surface area contributed by atoms with Gasteiger partial charge in [0.05, 0.1) is 18.1 Å². The van der Waals surface area contributed by atoms with E-state index in [9.17, 15) is 20.5 Å². The second kappa shape index (κ2) is 7.45. The molecule has 0 aliphatic heterocycles. The number of aromatic hydroxyl groups is 1. The number of benzene rings is 1. The van der Waals surface area contributed by atoms with Crippen LogP contribution in [0, 0.1) is 21.4 Å². The Bertz CT molecular complexity index is 554. The maximum Gasteiger partial charge on any atom is 0.315 e. The maximum atomic E-state index is 11.0. The Morgan fingerprint density at radius 1 is 1.57 bits per heavy atom. The molecule has 0 fully saturated rings. The third-order valence-electron chi connectivity index (χ3n) is 3.24. The first-order valence-electron chi connectivity index (χ1n) is 6.61. The summed E-state index contributed by atoms with van der Waals surface area (Å²) < 4.78 is 4.95. The van der Waals surface area contributed by atoms with Crippen LogP contribution in [0.15, 0.2) is 12.1 Å². The van der Waals surface area contributed by atoms with Gasteiger partial charge in [0, 0.05) is 6.07 Å². The van der Waals surface area contributed by atoms with Crippen LogP contribution < -0.4 is 4.74 Å². The van der Waals surface area contributed by atoms with Crippen LogP contribution >= 0.6 is 0 Å². The Morgan fingerprint density at radius 2 is 2.24 bits per heavy atom. The van der Waals surface area contributed by atoms with Crippen molar-refractivity contribution in [2.24, 2.45) is 0 Å². The predicted molar refractivity (Wildman–Crippen MR) is 77.2 cm³/mol. The number of phenols is 1. The largest absolute Gasteiger partial charge is 0.500 e. The number of ether oxygens (including phenoxy) is 1. The third kappa shape index (κ3) is 3.83. The third-order valence-corrected chi connectivity index (χ3v) is 3.24. The van der Waals surface area contributed by atoms with Crippen LogP contribution in [0.25, 0.3) is 0 Å². The Kier molecular flexibility index (Phi) is 5.93. The maximum absolute atomic E-state index is 11.0. The number of methoxy groups -OCH3 is 1. The fraction of sp³-hybridized carbons (Fsp3) is 0.500. The molecule has 0 aliphatic rings. The van der Waals surface area contributed by atoms with E-state index in [0.29, 0.717) is 12.1 Å². The highest BCUT2D eigenvalue weighted by atomic mass is 16.6. The zero-order valence-corrected chi connectivity index (χ0v) is 12.4. The second-order valence-electron chi connectivity index (χ2n) is 4.71. The average Bonchev–Trinajstić information content (AvgIpc) is 2.46. The molecule has 0 aliphatic carbocycles. The molecule has 0 amide bonds. The van der Waals surface area contributed by atoms with Gasteiger partial charge in [-0.2, -0.15) is 5.26 Å². The normalized spacial score (nSPS) is 12.0. The van der Waals surface area contributed by atoms with Gasteiger partial charge in [0.1, 0.15) is 6.04 Å². The first-order valence-corrected chi connectivity index (χ1v) is 6.61. The van der Waals surface area contributed by atoms with Crippen LogP contribution in [0.1, 0.15) is 31.4 Å². The van der Waals surface area contributed by atoms with Gasteiger partial charge in [-0.1, -0.05) is 13.3 Å². The lowest BCUT2D eigenvalue weighted by atomic mass is 10.0. The molecule has 1 aromatic carbocycles. The van der Waals surface area contributed by atoms with E-state index in [1.54, 1.807) is 7.05 Å². The molecule has 1 unspecified atom stereocenters. The second-order valence-corrected chi connectivity index (χ2v) is 4.71. The molecule has 7 heteroatoms. The number of hydrogen-bond acceptors (Lipinski definition) is 6. The minimum Gasteiger partial charge on any atom is -0.500 e. The molecular weight excluding hydrogens is 274 g/mol. The van der Waals surface area contributed by atoms with Gasteiger partial charge in [-0.05, 0) is 31.6 Å². The van der Waals surface area contributed by atoms with Crippen molar-refractivity contribution >= 4 is 5.69 Å². The molecule has 1 rings (SSSR count). The summed E-state index contributed by atoms with van der Waals surface area (Å²) in [4.78, 5) is 12.1. The quantitative estimate of drug-likeness (QED) is 0.612. The summed E-state index contributed by atoms with van der Waals surface area (Å²) in [5.41, 5.74) is -0.0362. The fourth-order valence-corrected chi connectivity index (χ4v) is 2.03. The van der Waals surface area contributed by atoms with Crippen LogP contribution in [-0.4, -0.2) is 35.6 Å². The Labute approximate surface area is 123 Å². The molecule has 0 spiro atoms. The number of nitriles is 1. The number of nitro groups is 1. The molecule has 0 radical (unpaired) electrons. The number of phenolic OH excluding ortho intramolecular Hbond substituents is 1. The molecule has 1 N–H and O–H groups in total. The zero-order chi connectivity index (χ0) is 16.0. The fourth-order valence-electron chi connectivity index (χ4n) is 2.03. The molecule has 0 saturated heterocycles. The van der Waals surface area contributed by atoms with Gasteiger partial charge in [-0.3, -0.25) is 15.0 Å². The number of nitrogens with zero attached hydrogens (tertiary/aromatic N) is 3. The molecule has 0 heterocycles. The van der Waals surface area contributed by atoms with Crippen molar-refractivity contribution in [3.63, 3.8) is 0 Å². The SMILES string of the molecule is CCCCN(C)C(C#N)c1cc(OC)c(O)c([N+](=O)[O-])c1. The lowest BCUT2D eigenvalue weighted by Crippen LogP contribution is -2.24. The summed E-state index contributed by atoms with van der Waals surface area (Å²) in [5.74, 6) is -0.539. The molecule has 1 atom stereocenters. The molecule has 114 valence electrons. The lowest BCUT2D eigenvalue weighted by Gasteiger charge is -2.22. The van der Waals surface area contributed by atoms with E-state index in [1.807, 2.05) is 11.8 Å². The molecule has 7 nitrogen and oxygen atoms in total. The van der Waals surface area contributed by atoms with Gasteiger partial charge >= 0.3 is 5.69 Å². The minimum absolute atomic E-state index is 0.0108. The van der Waals surface area contributed by atoms with Gasteiger partial charge in [-0.25, -0.2) is 0 Å². The molecule has 21 heavy (non-hydrogen) atoms. The zero-order valence-electron chi connectivity index (χ0n) is 12.4. The van der Waals surface area contributed by atoms with Crippen molar-refractivity contribution in [2.75, 3.05) is 20.7 Å². The Balaban J connectivity index is 3.24. The van der Waals surface area contributed by atoms with Crippen molar-refractivity contribution < 1.29 is 14.8 Å². The standard InChI is InChI=1S/C14H19N3O4/c1-4-5-6-16(2)12(9-15)10-7-11(17(19)20)14(18)13(8-10)21-3/h7-8,12,18H,4-6H2,1-3H3. The first kappa shape index (κ1) is 16.7. The molecule has 0 aromatic heterocycles. The topological polar surface area (TPSA) is 99.6 Å². The van der Waals surface area contributed by atoms with Gasteiger partial charge < -0.3 is 9.84 Å². The molecule has 0 saturated carbocycles. The van der Waals surface area contributed by atoms with Gasteiger partial charge in [0.2, 0.25) is 5.75 Å². The molecular formula is C14H19N3O4.